The monoisotopic (exact) mass is 320 g/mol. The second-order valence-electron chi connectivity index (χ2n) is 4.29. The van der Waals surface area contributed by atoms with Crippen LogP contribution in [0.1, 0.15) is 26.2 Å². The second kappa shape index (κ2) is 8.56. The summed E-state index contributed by atoms with van der Waals surface area (Å²) in [7, 11) is 0. The molecule has 0 fully saturated rings. The van der Waals surface area contributed by atoms with Crippen molar-refractivity contribution in [1.82, 2.24) is 10.4 Å². The van der Waals surface area contributed by atoms with Crippen LogP contribution in [-0.4, -0.2) is 67.3 Å². The van der Waals surface area contributed by atoms with E-state index in [0.717, 1.165) is 6.92 Å². The fraction of sp³-hybridized carbons (Fsp3) is 0.545. The summed E-state index contributed by atoms with van der Waals surface area (Å²) in [6.45, 7) is 0.918. The summed E-state index contributed by atoms with van der Waals surface area (Å²) in [5.41, 5.74) is 2.07. The van der Waals surface area contributed by atoms with Crippen LogP contribution < -0.4 is 5.43 Å². The average molecular weight is 320 g/mol. The van der Waals surface area contributed by atoms with Gasteiger partial charge in [-0.15, -0.1) is 0 Å². The Bertz CT molecular complexity index is 476. The minimum atomic E-state index is -1.83. The van der Waals surface area contributed by atoms with Gasteiger partial charge in [0.15, 0.2) is 6.04 Å². The van der Waals surface area contributed by atoms with Crippen molar-refractivity contribution in [3.63, 3.8) is 0 Å². The summed E-state index contributed by atoms with van der Waals surface area (Å²) < 4.78 is 0. The van der Waals surface area contributed by atoms with E-state index in [0.29, 0.717) is 5.01 Å². The third-order valence-electron chi connectivity index (χ3n) is 2.54. The fourth-order valence-corrected chi connectivity index (χ4v) is 1.53. The molecule has 0 radical (unpaired) electrons. The van der Waals surface area contributed by atoms with Crippen molar-refractivity contribution in [2.45, 2.75) is 38.3 Å². The standard InChI is InChI=1S/C11H16N2O9/c1-5(14)13(7(11(21)22)4-9(17)18)12-6(10(19)20)2-3-8(15)16/h6-7,12H,2-4H2,1H3,(H,15,16)(H,17,18)(H,19,20)(H,21,22)/t6-,7-/m0/s1. The molecule has 11 nitrogen and oxygen atoms in total. The van der Waals surface area contributed by atoms with Crippen molar-refractivity contribution in [3.05, 3.63) is 0 Å². The Labute approximate surface area is 124 Å². The number of carbonyl (C=O) groups is 5. The highest BCUT2D eigenvalue weighted by Crippen LogP contribution is 2.07. The minimum absolute atomic E-state index is 0.372. The van der Waals surface area contributed by atoms with Crippen molar-refractivity contribution in [3.8, 4) is 0 Å². The van der Waals surface area contributed by atoms with Gasteiger partial charge in [0, 0.05) is 13.3 Å². The Balaban J connectivity index is 5.22. The SMILES string of the molecule is CC(=O)N(N[C@@H](CCC(=O)O)C(=O)O)[C@@H](CC(=O)O)C(=O)O. The lowest BCUT2D eigenvalue weighted by molar-refractivity contribution is -0.159. The Morgan fingerprint density at radius 3 is 1.82 bits per heavy atom. The molecule has 0 aromatic heterocycles. The number of carboxylic acids is 4. The molecule has 5 N–H and O–H groups in total. The zero-order valence-electron chi connectivity index (χ0n) is 11.6. The molecular weight excluding hydrogens is 304 g/mol. The number of hydrazine groups is 1. The summed E-state index contributed by atoms with van der Waals surface area (Å²) in [6, 6.07) is -3.39. The van der Waals surface area contributed by atoms with E-state index in [1.54, 1.807) is 0 Å². The lowest BCUT2D eigenvalue weighted by atomic mass is 10.1. The summed E-state index contributed by atoms with van der Waals surface area (Å²) in [6.07, 6.45) is -1.91. The number of aliphatic carboxylic acids is 4. The van der Waals surface area contributed by atoms with E-state index in [9.17, 15) is 24.0 Å². The molecule has 0 aromatic rings. The molecule has 0 saturated heterocycles. The number of carboxylic acid groups (broad SMARTS) is 4. The molecule has 22 heavy (non-hydrogen) atoms. The maximum atomic E-state index is 11.5. The summed E-state index contributed by atoms with van der Waals surface area (Å²) in [5, 5.41) is 35.5. The van der Waals surface area contributed by atoms with Crippen LogP contribution in [0.4, 0.5) is 0 Å². The highest BCUT2D eigenvalue weighted by Gasteiger charge is 2.33. The van der Waals surface area contributed by atoms with Crippen LogP contribution in [-0.2, 0) is 24.0 Å². The van der Waals surface area contributed by atoms with E-state index in [4.69, 9.17) is 20.4 Å². The van der Waals surface area contributed by atoms with Gasteiger partial charge in [0.25, 0.3) is 0 Å². The molecule has 0 bridgehead atoms. The van der Waals surface area contributed by atoms with E-state index >= 15 is 0 Å². The molecule has 0 saturated carbocycles. The van der Waals surface area contributed by atoms with E-state index in [-0.39, 0.29) is 0 Å². The van der Waals surface area contributed by atoms with Crippen molar-refractivity contribution >= 4 is 29.8 Å². The van der Waals surface area contributed by atoms with Crippen LogP contribution in [0.2, 0.25) is 0 Å². The van der Waals surface area contributed by atoms with Crippen LogP contribution >= 0.6 is 0 Å². The number of rotatable bonds is 10. The van der Waals surface area contributed by atoms with Gasteiger partial charge in [-0.3, -0.25) is 24.2 Å². The van der Waals surface area contributed by atoms with Gasteiger partial charge in [0.2, 0.25) is 5.91 Å². The zero-order valence-corrected chi connectivity index (χ0v) is 11.6. The molecule has 0 unspecified atom stereocenters. The van der Waals surface area contributed by atoms with Crippen LogP contribution in [0.25, 0.3) is 0 Å². The van der Waals surface area contributed by atoms with Crippen LogP contribution in [0.3, 0.4) is 0 Å². The second-order valence-corrected chi connectivity index (χ2v) is 4.29. The van der Waals surface area contributed by atoms with Gasteiger partial charge in [-0.05, 0) is 6.42 Å². The number of hydrogen-bond acceptors (Lipinski definition) is 6. The molecular formula is C11H16N2O9. The van der Waals surface area contributed by atoms with E-state index in [2.05, 4.69) is 5.43 Å². The fourth-order valence-electron chi connectivity index (χ4n) is 1.53. The molecule has 0 spiro atoms. The van der Waals surface area contributed by atoms with Crippen LogP contribution in [0, 0.1) is 0 Å². The van der Waals surface area contributed by atoms with Gasteiger partial charge >= 0.3 is 23.9 Å². The van der Waals surface area contributed by atoms with Gasteiger partial charge in [-0.1, -0.05) is 0 Å². The number of hydrogen-bond donors (Lipinski definition) is 5. The third-order valence-corrected chi connectivity index (χ3v) is 2.54. The molecule has 2 atom stereocenters. The first kappa shape index (κ1) is 19.3. The third kappa shape index (κ3) is 6.65. The number of amides is 1. The van der Waals surface area contributed by atoms with Crippen LogP contribution in [0.15, 0.2) is 0 Å². The maximum absolute atomic E-state index is 11.5. The number of nitrogens with zero attached hydrogens (tertiary/aromatic N) is 1. The van der Waals surface area contributed by atoms with Gasteiger partial charge in [0.1, 0.15) is 6.04 Å². The Morgan fingerprint density at radius 2 is 1.50 bits per heavy atom. The van der Waals surface area contributed by atoms with Crippen molar-refractivity contribution < 1.29 is 44.4 Å². The Morgan fingerprint density at radius 1 is 0.955 bits per heavy atom. The normalized spacial score (nSPS) is 13.0. The first-order valence-electron chi connectivity index (χ1n) is 6.01. The summed E-state index contributed by atoms with van der Waals surface area (Å²) in [5.74, 6) is -6.85. The zero-order chi connectivity index (χ0) is 17.4. The number of carbonyl (C=O) groups excluding carboxylic acids is 1. The quantitative estimate of drug-likeness (QED) is 0.300. The van der Waals surface area contributed by atoms with Crippen molar-refractivity contribution in [2.75, 3.05) is 0 Å². The highest BCUT2D eigenvalue weighted by atomic mass is 16.4. The largest absolute Gasteiger partial charge is 0.481 e. The average Bonchev–Trinajstić information content (AvgIpc) is 2.35. The summed E-state index contributed by atoms with van der Waals surface area (Å²) in [4.78, 5) is 54.7. The Hall–Kier alpha value is -2.69. The molecule has 0 heterocycles. The van der Waals surface area contributed by atoms with Crippen molar-refractivity contribution in [2.24, 2.45) is 0 Å². The molecule has 0 aliphatic carbocycles. The molecule has 0 aromatic carbocycles. The lowest BCUT2D eigenvalue weighted by Crippen LogP contribution is -2.57. The van der Waals surface area contributed by atoms with Gasteiger partial charge in [0.05, 0.1) is 6.42 Å². The Kier molecular flexibility index (Phi) is 7.52. The molecule has 1 amide bonds. The van der Waals surface area contributed by atoms with E-state index in [1.165, 1.54) is 0 Å². The smallest absolute Gasteiger partial charge is 0.328 e. The number of nitrogens with one attached hydrogen (secondary N) is 1. The topological polar surface area (TPSA) is 182 Å². The van der Waals surface area contributed by atoms with Crippen LogP contribution in [0.5, 0.6) is 0 Å². The molecule has 0 aliphatic rings. The van der Waals surface area contributed by atoms with Crippen molar-refractivity contribution in [1.29, 1.82) is 0 Å². The first-order chi connectivity index (χ1) is 10.1. The minimum Gasteiger partial charge on any atom is -0.481 e. The van der Waals surface area contributed by atoms with E-state index < -0.39 is 61.1 Å². The first-order valence-corrected chi connectivity index (χ1v) is 6.01. The van der Waals surface area contributed by atoms with Gasteiger partial charge in [-0.25, -0.2) is 10.2 Å². The molecule has 0 aliphatic heterocycles. The van der Waals surface area contributed by atoms with E-state index in [1.807, 2.05) is 0 Å². The molecule has 0 rings (SSSR count). The predicted molar refractivity (Wildman–Crippen MR) is 67.6 cm³/mol. The summed E-state index contributed by atoms with van der Waals surface area (Å²) >= 11 is 0. The molecule has 124 valence electrons. The van der Waals surface area contributed by atoms with Gasteiger partial charge in [-0.2, -0.15) is 0 Å². The van der Waals surface area contributed by atoms with Gasteiger partial charge < -0.3 is 20.4 Å². The molecule has 11 heteroatoms. The maximum Gasteiger partial charge on any atom is 0.328 e. The predicted octanol–water partition coefficient (Wildman–Crippen LogP) is -1.41. The highest BCUT2D eigenvalue weighted by molar-refractivity contribution is 5.86. The lowest BCUT2D eigenvalue weighted by Gasteiger charge is -2.30.